The van der Waals surface area contributed by atoms with Gasteiger partial charge in [0.25, 0.3) is 6.71 Å². The Morgan fingerprint density at radius 2 is 0.762 bits per heavy atom. The summed E-state index contributed by atoms with van der Waals surface area (Å²) in [5.41, 5.74) is 0.366. The molecule has 0 amide bonds. The van der Waals surface area contributed by atoms with Crippen molar-refractivity contribution in [1.29, 1.82) is 0 Å². The molecule has 0 aliphatic carbocycles. The molecule has 1 saturated heterocycles. The van der Waals surface area contributed by atoms with Crippen LogP contribution < -0.4 is 57.0 Å². The van der Waals surface area contributed by atoms with Crippen molar-refractivity contribution >= 4 is 79.9 Å². The Morgan fingerprint density at radius 3 is 1.22 bits per heavy atom. The fourth-order valence-electron chi connectivity index (χ4n) is 9.00. The summed E-state index contributed by atoms with van der Waals surface area (Å²) in [5.74, 6) is -0.878. The zero-order valence-corrected chi connectivity index (χ0v) is 36.4. The van der Waals surface area contributed by atoms with E-state index in [9.17, 15) is 5.48 Å². The van der Waals surface area contributed by atoms with Crippen LogP contribution in [0, 0.1) is 0 Å². The lowest BCUT2D eigenvalue weighted by Crippen LogP contribution is -2.88. The summed E-state index contributed by atoms with van der Waals surface area (Å²) in [7, 11) is -12.1. The molecule has 63 heavy (non-hydrogen) atoms. The molecule has 3 aliphatic heterocycles. The minimum atomic E-state index is -4.21. The predicted molar refractivity (Wildman–Crippen MR) is 260 cm³/mol. The third-order valence-electron chi connectivity index (χ3n) is 11.8. The molecule has 1 fully saturated rings. The van der Waals surface area contributed by atoms with Gasteiger partial charge in [-0.15, -0.1) is 0 Å². The molecule has 0 unspecified atom stereocenters. The van der Waals surface area contributed by atoms with Gasteiger partial charge in [0.2, 0.25) is 0 Å². The molecule has 0 aromatic heterocycles. The number of ether oxygens (including phenoxy) is 2. The average Bonchev–Trinajstić information content (AvgIpc) is 3.45. The molecule has 300 valence electrons. The van der Waals surface area contributed by atoms with Gasteiger partial charge in [-0.3, -0.25) is 0 Å². The minimum absolute atomic E-state index is 0.0624. The highest BCUT2D eigenvalue weighted by Crippen LogP contribution is 2.41. The molecule has 3 aliphatic rings. The summed E-state index contributed by atoms with van der Waals surface area (Å²) in [6, 6.07) is 52.1. The number of hydrogen-bond acceptors (Lipinski definition) is 5. The second-order valence-corrected chi connectivity index (χ2v) is 25.0. The van der Waals surface area contributed by atoms with Crippen molar-refractivity contribution in [1.82, 2.24) is 0 Å². The molecule has 5 nitrogen and oxygen atoms in total. The fraction of sp³-hybridized carbons (Fsp3) is 0. The largest absolute Gasteiger partial charge is 0.458 e. The summed E-state index contributed by atoms with van der Waals surface area (Å²) in [6.45, 7) is -1.33. The molecular formula is C54H39BO5Si3. The van der Waals surface area contributed by atoms with Crippen LogP contribution in [0.3, 0.4) is 0 Å². The monoisotopic (exact) mass is 872 g/mol. The standard InChI is InChI=1S/C54H39BO5Si3/c1-6-22-41(23-7-1)61(42-24-8-2-9-25-42)58-62(43-26-10-3-11-27-43,44-28-12-4-13-29-44)60-63(59-61,45-30-14-5-15-31-45)46-32-20-21-40(39-46)47-37-38-52-53-54(47)57-51-36-19-17-34-49(51)55(53)48-33-16-18-35-50(48)56-52/h1-39H/i16D,17D,18D,19D,33D,34D,35D,36D,37D,38D. The highest BCUT2D eigenvalue weighted by atomic mass is 28.5. The maximum atomic E-state index is 9.82. The van der Waals surface area contributed by atoms with Crippen LogP contribution in [0.1, 0.15) is 13.7 Å². The van der Waals surface area contributed by atoms with Gasteiger partial charge in [0.15, 0.2) is 0 Å². The van der Waals surface area contributed by atoms with Gasteiger partial charge in [-0.2, -0.15) is 0 Å². The Labute approximate surface area is 384 Å². The lowest BCUT2D eigenvalue weighted by Gasteiger charge is -2.53. The molecular weight excluding hydrogens is 824 g/mol. The lowest BCUT2D eigenvalue weighted by atomic mass is 9.34. The highest BCUT2D eigenvalue weighted by Gasteiger charge is 2.67. The lowest BCUT2D eigenvalue weighted by molar-refractivity contribution is 0.268. The van der Waals surface area contributed by atoms with E-state index in [0.717, 1.165) is 25.9 Å². The molecule has 12 rings (SSSR count). The first-order chi connectivity index (χ1) is 35.3. The van der Waals surface area contributed by atoms with Crippen molar-refractivity contribution in [3.8, 4) is 34.1 Å². The molecule has 9 aromatic carbocycles. The van der Waals surface area contributed by atoms with Crippen LogP contribution in [-0.2, 0) is 12.3 Å². The molecule has 0 spiro atoms. The van der Waals surface area contributed by atoms with E-state index in [0.29, 0.717) is 10.8 Å². The topological polar surface area (TPSA) is 46.2 Å². The van der Waals surface area contributed by atoms with Crippen LogP contribution in [0.5, 0.6) is 23.0 Å². The third kappa shape index (κ3) is 6.08. The number of fused-ring (bicyclic) bond motifs is 4. The van der Waals surface area contributed by atoms with Gasteiger partial charge in [-0.25, -0.2) is 0 Å². The number of hydrogen-bond donors (Lipinski definition) is 0. The van der Waals surface area contributed by atoms with Crippen molar-refractivity contribution in [2.75, 3.05) is 0 Å². The van der Waals surface area contributed by atoms with Gasteiger partial charge < -0.3 is 21.8 Å². The Hall–Kier alpha value is -6.82. The van der Waals surface area contributed by atoms with Crippen molar-refractivity contribution in [3.63, 3.8) is 0 Å². The molecule has 0 radical (unpaired) electrons. The molecule has 0 bridgehead atoms. The van der Waals surface area contributed by atoms with Gasteiger partial charge in [0, 0.05) is 11.0 Å². The van der Waals surface area contributed by atoms with Gasteiger partial charge in [-0.05, 0) is 77.8 Å². The first kappa shape index (κ1) is 28.7. The minimum Gasteiger partial charge on any atom is -0.458 e. The Bertz CT molecular complexity index is 3510. The maximum absolute atomic E-state index is 9.82. The Balaban J connectivity index is 1.17. The van der Waals surface area contributed by atoms with Gasteiger partial charge in [0.05, 0.1) is 13.7 Å². The van der Waals surface area contributed by atoms with Crippen LogP contribution in [0.15, 0.2) is 236 Å². The first-order valence-electron chi connectivity index (χ1n) is 25.5. The van der Waals surface area contributed by atoms with Crippen molar-refractivity contribution < 1.29 is 35.5 Å². The molecule has 0 atom stereocenters. The zero-order valence-electron chi connectivity index (χ0n) is 43.4. The summed E-state index contributed by atoms with van der Waals surface area (Å²) in [6.07, 6.45) is 0. The third-order valence-corrected chi connectivity index (χ3v) is 25.3. The number of rotatable bonds is 7. The summed E-state index contributed by atoms with van der Waals surface area (Å²) in [5, 5.41) is 4.79. The highest BCUT2D eigenvalue weighted by molar-refractivity contribution is 7.16. The van der Waals surface area contributed by atoms with E-state index in [2.05, 4.69) is 0 Å². The Morgan fingerprint density at radius 1 is 0.365 bits per heavy atom. The van der Waals surface area contributed by atoms with E-state index in [4.69, 9.17) is 30.0 Å². The second kappa shape index (κ2) is 15.2. The normalized spacial score (nSPS) is 18.3. The quantitative estimate of drug-likeness (QED) is 0.179. The van der Waals surface area contributed by atoms with Crippen molar-refractivity contribution in [2.24, 2.45) is 0 Å². The van der Waals surface area contributed by atoms with Gasteiger partial charge in [-0.1, -0.05) is 206 Å². The van der Waals surface area contributed by atoms with Crippen LogP contribution in [-0.4, -0.2) is 32.4 Å². The smallest absolute Gasteiger partial charge is 0.390 e. The van der Waals surface area contributed by atoms with Crippen LogP contribution in [0.25, 0.3) is 11.1 Å². The predicted octanol–water partition coefficient (Wildman–Crippen LogP) is 6.21. The fourth-order valence-corrected chi connectivity index (χ4v) is 26.0. The van der Waals surface area contributed by atoms with E-state index < -0.39 is 86.8 Å². The van der Waals surface area contributed by atoms with E-state index in [1.165, 1.54) is 0 Å². The number of para-hydroxylation sites is 2. The second-order valence-electron chi connectivity index (χ2n) is 15.4. The van der Waals surface area contributed by atoms with Crippen LogP contribution in [0.4, 0.5) is 0 Å². The summed E-state index contributed by atoms with van der Waals surface area (Å²) >= 11 is 0. The van der Waals surface area contributed by atoms with Crippen LogP contribution in [0.2, 0.25) is 0 Å². The molecule has 3 heterocycles. The number of benzene rings is 9. The summed E-state index contributed by atoms with van der Waals surface area (Å²) < 4.78 is 128. The van der Waals surface area contributed by atoms with E-state index >= 15 is 0 Å². The first-order valence-corrected chi connectivity index (χ1v) is 26.0. The van der Waals surface area contributed by atoms with Gasteiger partial charge in [0.1, 0.15) is 23.0 Å². The maximum Gasteiger partial charge on any atom is 0.390 e. The van der Waals surface area contributed by atoms with Gasteiger partial charge >= 0.3 is 25.7 Å². The van der Waals surface area contributed by atoms with E-state index in [1.54, 1.807) is 6.07 Å². The molecule has 0 saturated carbocycles. The summed E-state index contributed by atoms with van der Waals surface area (Å²) in [4.78, 5) is 0. The molecule has 9 aromatic rings. The van der Waals surface area contributed by atoms with Crippen molar-refractivity contribution in [3.05, 3.63) is 236 Å². The zero-order chi connectivity index (χ0) is 50.6. The Kier molecular flexibility index (Phi) is 6.93. The van der Waals surface area contributed by atoms with E-state index in [1.807, 2.05) is 170 Å². The van der Waals surface area contributed by atoms with E-state index in [-0.39, 0.29) is 51.0 Å². The molecule has 9 heteroatoms. The van der Waals surface area contributed by atoms with Crippen LogP contribution >= 0.6 is 0 Å². The average molecular weight is 873 g/mol. The SMILES string of the molecule is [2H]c1c([2H])c([2H])c2c(c1[2H])Oc1c([2H])c([2H])c(-c3cccc([Si]4(c5ccccc5)O[Si](c5ccccc5)(c5ccccc5)O[Si](c5ccccc5)(c5ccccc5)O4)c3)c3c1B2c1c([2H])c([2H])c([2H])c([2H])c1O3. The molecule has 0 N–H and O–H groups in total. The van der Waals surface area contributed by atoms with Crippen molar-refractivity contribution in [2.45, 2.75) is 0 Å².